The van der Waals surface area contributed by atoms with Crippen LogP contribution < -0.4 is 0 Å². The topological polar surface area (TPSA) is 84.7 Å². The van der Waals surface area contributed by atoms with Crippen LogP contribution in [0.1, 0.15) is 22.6 Å². The minimum atomic E-state index is -0.734. The fourth-order valence-electron chi connectivity index (χ4n) is 2.36. The number of carbonyl (C=O) groups is 2. The number of aliphatic hydroxyl groups is 1. The molecule has 2 rings (SSSR count). The van der Waals surface area contributed by atoms with Gasteiger partial charge in [-0.05, 0) is 13.0 Å². The van der Waals surface area contributed by atoms with Crippen molar-refractivity contribution >= 4 is 11.9 Å². The highest BCUT2D eigenvalue weighted by Crippen LogP contribution is 2.21. The molecule has 19 heavy (non-hydrogen) atoms. The zero-order chi connectivity index (χ0) is 14.2. The van der Waals surface area contributed by atoms with Gasteiger partial charge in [-0.25, -0.2) is 4.79 Å². The molecule has 104 valence electrons. The Bertz CT molecular complexity index is 511. The van der Waals surface area contributed by atoms with Crippen LogP contribution in [0, 0.1) is 6.92 Å². The van der Waals surface area contributed by atoms with Crippen LogP contribution in [0.25, 0.3) is 0 Å². The van der Waals surface area contributed by atoms with Crippen LogP contribution in [0.3, 0.4) is 0 Å². The van der Waals surface area contributed by atoms with Gasteiger partial charge in [0.15, 0.2) is 0 Å². The Morgan fingerprint density at radius 1 is 1.53 bits per heavy atom. The van der Waals surface area contributed by atoms with Crippen molar-refractivity contribution in [1.82, 2.24) is 14.7 Å². The molecule has 0 bridgehead atoms. The van der Waals surface area contributed by atoms with E-state index in [0.29, 0.717) is 5.69 Å². The van der Waals surface area contributed by atoms with Crippen LogP contribution in [0.5, 0.6) is 0 Å². The Labute approximate surface area is 110 Å². The maximum absolute atomic E-state index is 12.4. The maximum Gasteiger partial charge on any atom is 0.328 e. The third kappa shape index (κ3) is 2.46. The lowest BCUT2D eigenvalue weighted by atomic mass is 10.2. The van der Waals surface area contributed by atoms with Crippen molar-refractivity contribution < 1.29 is 19.4 Å². The highest BCUT2D eigenvalue weighted by atomic mass is 16.5. The Morgan fingerprint density at radius 3 is 2.74 bits per heavy atom. The molecule has 1 N–H and O–H groups in total. The second-order valence-electron chi connectivity index (χ2n) is 4.68. The zero-order valence-corrected chi connectivity index (χ0v) is 11.2. The van der Waals surface area contributed by atoms with Gasteiger partial charge in [0.25, 0.3) is 5.91 Å². The second-order valence-corrected chi connectivity index (χ2v) is 4.68. The third-order valence-electron chi connectivity index (χ3n) is 3.23. The first-order chi connectivity index (χ1) is 8.93. The van der Waals surface area contributed by atoms with Gasteiger partial charge in [-0.1, -0.05) is 0 Å². The SMILES string of the molecule is COC(=O)C1CC(O)CN1C(=O)c1cc(C)nn1C. The summed E-state index contributed by atoms with van der Waals surface area (Å²) in [7, 11) is 2.93. The number of ether oxygens (including phenoxy) is 1. The summed E-state index contributed by atoms with van der Waals surface area (Å²) in [6.07, 6.45) is -0.503. The van der Waals surface area contributed by atoms with Crippen molar-refractivity contribution in [3.05, 3.63) is 17.5 Å². The Balaban J connectivity index is 2.26. The van der Waals surface area contributed by atoms with E-state index in [2.05, 4.69) is 9.84 Å². The van der Waals surface area contributed by atoms with E-state index in [1.807, 2.05) is 0 Å². The average Bonchev–Trinajstić information content (AvgIpc) is 2.90. The van der Waals surface area contributed by atoms with Crippen LogP contribution in [0.2, 0.25) is 0 Å². The van der Waals surface area contributed by atoms with E-state index in [1.54, 1.807) is 20.0 Å². The van der Waals surface area contributed by atoms with E-state index < -0.39 is 18.1 Å². The number of aliphatic hydroxyl groups excluding tert-OH is 1. The second kappa shape index (κ2) is 5.00. The third-order valence-corrected chi connectivity index (χ3v) is 3.23. The number of hydrogen-bond donors (Lipinski definition) is 1. The van der Waals surface area contributed by atoms with Crippen LogP contribution in [0.15, 0.2) is 6.07 Å². The Morgan fingerprint density at radius 2 is 2.21 bits per heavy atom. The molecule has 2 atom stereocenters. The van der Waals surface area contributed by atoms with Crippen LogP contribution in [-0.4, -0.2) is 57.5 Å². The van der Waals surface area contributed by atoms with E-state index in [0.717, 1.165) is 5.69 Å². The van der Waals surface area contributed by atoms with E-state index in [9.17, 15) is 14.7 Å². The molecule has 2 unspecified atom stereocenters. The number of rotatable bonds is 2. The molecule has 1 aliphatic heterocycles. The highest BCUT2D eigenvalue weighted by Gasteiger charge is 2.40. The van der Waals surface area contributed by atoms with Crippen LogP contribution >= 0.6 is 0 Å². The largest absolute Gasteiger partial charge is 0.467 e. The maximum atomic E-state index is 12.4. The van der Waals surface area contributed by atoms with E-state index in [4.69, 9.17) is 0 Å². The number of nitrogens with zero attached hydrogens (tertiary/aromatic N) is 3. The van der Waals surface area contributed by atoms with Gasteiger partial charge in [-0.15, -0.1) is 0 Å². The number of likely N-dealkylation sites (tertiary alicyclic amines) is 1. The first kappa shape index (κ1) is 13.5. The molecule has 1 aromatic rings. The van der Waals surface area contributed by atoms with Gasteiger partial charge in [0.1, 0.15) is 11.7 Å². The summed E-state index contributed by atoms with van der Waals surface area (Å²) in [6.45, 7) is 1.91. The summed E-state index contributed by atoms with van der Waals surface area (Å²) in [6, 6.07) is 0.921. The molecule has 0 aliphatic carbocycles. The van der Waals surface area contributed by atoms with Gasteiger partial charge in [0.05, 0.1) is 18.9 Å². The molecule has 2 heterocycles. The molecule has 7 nitrogen and oxygen atoms in total. The fourth-order valence-corrected chi connectivity index (χ4v) is 2.36. The van der Waals surface area contributed by atoms with Gasteiger partial charge < -0.3 is 14.7 Å². The van der Waals surface area contributed by atoms with E-state index in [-0.39, 0.29) is 18.9 Å². The molecule has 1 aliphatic rings. The van der Waals surface area contributed by atoms with Gasteiger partial charge in [-0.2, -0.15) is 5.10 Å². The smallest absolute Gasteiger partial charge is 0.328 e. The molecule has 1 fully saturated rings. The monoisotopic (exact) mass is 267 g/mol. The van der Waals surface area contributed by atoms with Gasteiger partial charge in [0, 0.05) is 20.0 Å². The Hall–Kier alpha value is -1.89. The average molecular weight is 267 g/mol. The van der Waals surface area contributed by atoms with Crippen molar-refractivity contribution in [3.8, 4) is 0 Å². The molecule has 0 aromatic carbocycles. The Kier molecular flexibility index (Phi) is 3.57. The number of hydrogen-bond acceptors (Lipinski definition) is 5. The molecular formula is C12H17N3O4. The minimum Gasteiger partial charge on any atom is -0.467 e. The van der Waals surface area contributed by atoms with Gasteiger partial charge in [-0.3, -0.25) is 9.48 Å². The normalized spacial score (nSPS) is 22.6. The molecule has 0 spiro atoms. The van der Waals surface area contributed by atoms with Crippen molar-refractivity contribution in [2.24, 2.45) is 7.05 Å². The minimum absolute atomic E-state index is 0.128. The molecule has 1 amide bonds. The lowest BCUT2D eigenvalue weighted by Crippen LogP contribution is -2.41. The van der Waals surface area contributed by atoms with Crippen molar-refractivity contribution in [3.63, 3.8) is 0 Å². The molecular weight excluding hydrogens is 250 g/mol. The number of carbonyl (C=O) groups excluding carboxylic acids is 2. The first-order valence-corrected chi connectivity index (χ1v) is 6.01. The highest BCUT2D eigenvalue weighted by molar-refractivity contribution is 5.96. The predicted molar refractivity (Wildman–Crippen MR) is 65.4 cm³/mol. The van der Waals surface area contributed by atoms with Gasteiger partial charge in [0.2, 0.25) is 0 Å². The standard InChI is InChI=1S/C12H17N3O4/c1-7-4-9(14(2)13-7)11(17)15-6-8(16)5-10(15)12(18)19-3/h4,8,10,16H,5-6H2,1-3H3. The quantitative estimate of drug-likeness (QED) is 0.729. The molecule has 7 heteroatoms. The first-order valence-electron chi connectivity index (χ1n) is 6.01. The predicted octanol–water partition coefficient (Wildman–Crippen LogP) is -0.523. The number of esters is 1. The summed E-state index contributed by atoms with van der Waals surface area (Å²) in [5, 5.41) is 13.8. The number of aromatic nitrogens is 2. The molecule has 1 saturated heterocycles. The number of methoxy groups -OCH3 is 1. The van der Waals surface area contributed by atoms with Crippen molar-refractivity contribution in [2.75, 3.05) is 13.7 Å². The molecule has 1 aromatic heterocycles. The molecule has 0 radical (unpaired) electrons. The number of amides is 1. The summed E-state index contributed by atoms with van der Waals surface area (Å²) in [4.78, 5) is 25.4. The van der Waals surface area contributed by atoms with Gasteiger partial charge >= 0.3 is 5.97 Å². The molecule has 0 saturated carbocycles. The zero-order valence-electron chi connectivity index (χ0n) is 11.2. The summed E-state index contributed by atoms with van der Waals surface area (Å²) < 4.78 is 6.14. The van der Waals surface area contributed by atoms with E-state index >= 15 is 0 Å². The fraction of sp³-hybridized carbons (Fsp3) is 0.583. The summed E-state index contributed by atoms with van der Waals surface area (Å²) in [5.41, 5.74) is 1.11. The number of β-amino-alcohol motifs (C(OH)–C–C–N with tert-alkyl or cyclic N) is 1. The lowest BCUT2D eigenvalue weighted by molar-refractivity contribution is -0.145. The summed E-state index contributed by atoms with van der Waals surface area (Å²) in [5.74, 6) is -0.834. The summed E-state index contributed by atoms with van der Waals surface area (Å²) >= 11 is 0. The van der Waals surface area contributed by atoms with Crippen molar-refractivity contribution in [2.45, 2.75) is 25.5 Å². The number of aryl methyl sites for hydroxylation is 2. The van der Waals surface area contributed by atoms with Crippen LogP contribution in [-0.2, 0) is 16.6 Å². The van der Waals surface area contributed by atoms with Crippen molar-refractivity contribution in [1.29, 1.82) is 0 Å². The van der Waals surface area contributed by atoms with Crippen LogP contribution in [0.4, 0.5) is 0 Å². The van der Waals surface area contributed by atoms with E-state index in [1.165, 1.54) is 16.7 Å². The lowest BCUT2D eigenvalue weighted by Gasteiger charge is -2.22.